The molecule has 0 spiro atoms. The first-order valence-corrected chi connectivity index (χ1v) is 7.77. The number of nitrogens with zero attached hydrogens (tertiary/aromatic N) is 2. The largest absolute Gasteiger partial charge is 0.207 e. The summed E-state index contributed by atoms with van der Waals surface area (Å²) in [4.78, 5) is 0. The lowest BCUT2D eigenvalue weighted by Gasteiger charge is -2.04. The summed E-state index contributed by atoms with van der Waals surface area (Å²) >= 11 is 0. The molecule has 120 valence electrons. The van der Waals surface area contributed by atoms with Crippen LogP contribution in [0.3, 0.4) is 0 Å². The van der Waals surface area contributed by atoms with Crippen LogP contribution in [0.15, 0.2) is 46.6 Å². The number of halogens is 2. The van der Waals surface area contributed by atoms with Gasteiger partial charge in [0.15, 0.2) is 0 Å². The molecule has 0 aliphatic carbocycles. The molecule has 0 aromatic heterocycles. The van der Waals surface area contributed by atoms with Crippen LogP contribution in [0.5, 0.6) is 0 Å². The normalized spacial score (nSPS) is 11.7. The van der Waals surface area contributed by atoms with E-state index in [0.29, 0.717) is 18.4 Å². The van der Waals surface area contributed by atoms with Crippen molar-refractivity contribution in [1.29, 1.82) is 0 Å². The quantitative estimate of drug-likeness (QED) is 0.533. The molecule has 2 aromatic carbocycles. The van der Waals surface area contributed by atoms with E-state index in [1.807, 2.05) is 31.2 Å². The second-order valence-corrected chi connectivity index (χ2v) is 5.30. The third-order valence-electron chi connectivity index (χ3n) is 3.53. The minimum Gasteiger partial charge on any atom is -0.207 e. The van der Waals surface area contributed by atoms with Crippen molar-refractivity contribution in [2.24, 2.45) is 10.2 Å². The Morgan fingerprint density at radius 1 is 0.870 bits per heavy atom. The predicted octanol–water partition coefficient (Wildman–Crippen LogP) is 4.93. The maximum Gasteiger partial charge on any atom is 0.129 e. The number of hydrogen-bond donors (Lipinski definition) is 0. The molecule has 0 saturated heterocycles. The Hall–Kier alpha value is -2.36. The zero-order valence-electron chi connectivity index (χ0n) is 13.4. The molecule has 0 aliphatic rings. The van der Waals surface area contributed by atoms with E-state index in [1.54, 1.807) is 6.21 Å². The summed E-state index contributed by atoms with van der Waals surface area (Å²) in [6.45, 7) is 3.98. The van der Waals surface area contributed by atoms with Crippen molar-refractivity contribution in [3.63, 3.8) is 0 Å². The summed E-state index contributed by atoms with van der Waals surface area (Å²) in [5.74, 6) is -1.07. The van der Waals surface area contributed by atoms with Gasteiger partial charge in [0.1, 0.15) is 11.6 Å². The van der Waals surface area contributed by atoms with Crippen LogP contribution in [0.1, 0.15) is 42.5 Å². The first-order valence-electron chi connectivity index (χ1n) is 7.77. The second-order valence-electron chi connectivity index (χ2n) is 5.30. The van der Waals surface area contributed by atoms with Gasteiger partial charge in [-0.25, -0.2) is 8.78 Å². The third-order valence-corrected chi connectivity index (χ3v) is 3.53. The standard InChI is InChI=1S/C19H20F2N2/c1-3-5-17-18(20)10-16(11-19(17)21)13-23-22-12-15-8-6-14(4-2)7-9-15/h6-13H,3-5H2,1-2H3. The van der Waals surface area contributed by atoms with Crippen LogP contribution in [0.4, 0.5) is 8.78 Å². The molecular formula is C19H20F2N2. The maximum absolute atomic E-state index is 13.8. The van der Waals surface area contributed by atoms with Crippen LogP contribution in [-0.4, -0.2) is 12.4 Å². The third kappa shape index (κ3) is 4.81. The van der Waals surface area contributed by atoms with Crippen molar-refractivity contribution in [3.8, 4) is 0 Å². The van der Waals surface area contributed by atoms with Gasteiger partial charge in [-0.2, -0.15) is 10.2 Å². The topological polar surface area (TPSA) is 24.7 Å². The fourth-order valence-corrected chi connectivity index (χ4v) is 2.23. The summed E-state index contributed by atoms with van der Waals surface area (Å²) in [5.41, 5.74) is 2.67. The summed E-state index contributed by atoms with van der Waals surface area (Å²) in [5, 5.41) is 7.76. The zero-order chi connectivity index (χ0) is 16.7. The Morgan fingerprint density at radius 2 is 1.43 bits per heavy atom. The molecule has 0 unspecified atom stereocenters. The van der Waals surface area contributed by atoms with E-state index in [-0.39, 0.29) is 5.56 Å². The molecule has 2 aromatic rings. The fourth-order valence-electron chi connectivity index (χ4n) is 2.23. The second kappa shape index (κ2) is 8.32. The molecule has 0 atom stereocenters. The van der Waals surface area contributed by atoms with Crippen LogP contribution in [0.25, 0.3) is 0 Å². The van der Waals surface area contributed by atoms with Crippen LogP contribution in [-0.2, 0) is 12.8 Å². The Morgan fingerprint density at radius 3 is 1.96 bits per heavy atom. The van der Waals surface area contributed by atoms with Crippen molar-refractivity contribution in [2.75, 3.05) is 0 Å². The van der Waals surface area contributed by atoms with Crippen LogP contribution in [0.2, 0.25) is 0 Å². The van der Waals surface area contributed by atoms with Gasteiger partial charge in [0.05, 0.1) is 12.4 Å². The number of aryl methyl sites for hydroxylation is 1. The van der Waals surface area contributed by atoms with Crippen molar-refractivity contribution in [3.05, 3.63) is 70.3 Å². The molecule has 0 aliphatic heterocycles. The maximum atomic E-state index is 13.8. The van der Waals surface area contributed by atoms with Crippen molar-refractivity contribution >= 4 is 12.4 Å². The van der Waals surface area contributed by atoms with Crippen molar-refractivity contribution < 1.29 is 8.78 Å². The van der Waals surface area contributed by atoms with E-state index in [9.17, 15) is 8.78 Å². The van der Waals surface area contributed by atoms with E-state index in [1.165, 1.54) is 23.9 Å². The lowest BCUT2D eigenvalue weighted by molar-refractivity contribution is 0.552. The highest BCUT2D eigenvalue weighted by Gasteiger charge is 2.09. The summed E-state index contributed by atoms with van der Waals surface area (Å²) in [6, 6.07) is 10.5. The molecule has 0 fully saturated rings. The van der Waals surface area contributed by atoms with Gasteiger partial charge in [-0.15, -0.1) is 0 Å². The van der Waals surface area contributed by atoms with Gasteiger partial charge in [0, 0.05) is 11.1 Å². The summed E-state index contributed by atoms with van der Waals surface area (Å²) in [6.07, 6.45) is 5.02. The first-order chi connectivity index (χ1) is 11.1. The predicted molar refractivity (Wildman–Crippen MR) is 91.4 cm³/mol. The Bertz CT molecular complexity index is 681. The molecule has 0 amide bonds. The minimum absolute atomic E-state index is 0.129. The highest BCUT2D eigenvalue weighted by molar-refractivity contribution is 5.82. The highest BCUT2D eigenvalue weighted by atomic mass is 19.1. The van der Waals surface area contributed by atoms with Gasteiger partial charge >= 0.3 is 0 Å². The van der Waals surface area contributed by atoms with E-state index in [4.69, 9.17) is 0 Å². The number of hydrogen-bond acceptors (Lipinski definition) is 2. The molecule has 0 heterocycles. The van der Waals surface area contributed by atoms with E-state index in [2.05, 4.69) is 17.1 Å². The monoisotopic (exact) mass is 314 g/mol. The molecule has 2 rings (SSSR count). The van der Waals surface area contributed by atoms with E-state index < -0.39 is 11.6 Å². The van der Waals surface area contributed by atoms with Gasteiger partial charge < -0.3 is 0 Å². The summed E-state index contributed by atoms with van der Waals surface area (Å²) in [7, 11) is 0. The molecule has 23 heavy (non-hydrogen) atoms. The Labute approximate surface area is 135 Å². The van der Waals surface area contributed by atoms with Crippen LogP contribution >= 0.6 is 0 Å². The van der Waals surface area contributed by atoms with E-state index >= 15 is 0 Å². The van der Waals surface area contributed by atoms with Crippen LogP contribution in [0, 0.1) is 11.6 Å². The first kappa shape index (κ1) is 17.0. The van der Waals surface area contributed by atoms with Gasteiger partial charge in [-0.05, 0) is 36.1 Å². The van der Waals surface area contributed by atoms with Crippen LogP contribution < -0.4 is 0 Å². The molecule has 0 bridgehead atoms. The smallest absolute Gasteiger partial charge is 0.129 e. The SMILES string of the molecule is CCCc1c(F)cc(C=NN=Cc2ccc(CC)cc2)cc1F. The van der Waals surface area contributed by atoms with Gasteiger partial charge in [0.2, 0.25) is 0 Å². The average molecular weight is 314 g/mol. The highest BCUT2D eigenvalue weighted by Crippen LogP contribution is 2.16. The van der Waals surface area contributed by atoms with Crippen molar-refractivity contribution in [1.82, 2.24) is 0 Å². The van der Waals surface area contributed by atoms with Gasteiger partial charge in [-0.1, -0.05) is 44.5 Å². The average Bonchev–Trinajstić information content (AvgIpc) is 2.55. The number of rotatable bonds is 6. The van der Waals surface area contributed by atoms with Gasteiger partial charge in [-0.3, -0.25) is 0 Å². The lowest BCUT2D eigenvalue weighted by Crippen LogP contribution is -1.97. The molecular weight excluding hydrogens is 294 g/mol. The molecule has 4 heteroatoms. The molecule has 2 nitrogen and oxygen atoms in total. The zero-order valence-corrected chi connectivity index (χ0v) is 13.4. The molecule has 0 N–H and O–H groups in total. The lowest BCUT2D eigenvalue weighted by atomic mass is 10.1. The Kier molecular flexibility index (Phi) is 6.15. The molecule has 0 radical (unpaired) electrons. The molecule has 0 saturated carbocycles. The van der Waals surface area contributed by atoms with Gasteiger partial charge in [0.25, 0.3) is 0 Å². The number of benzene rings is 2. The fraction of sp³-hybridized carbons (Fsp3) is 0.263. The van der Waals surface area contributed by atoms with E-state index in [0.717, 1.165) is 12.0 Å². The summed E-state index contributed by atoms with van der Waals surface area (Å²) < 4.78 is 27.6. The Balaban J connectivity index is 2.06. The minimum atomic E-state index is -0.535. The van der Waals surface area contributed by atoms with Crippen molar-refractivity contribution in [2.45, 2.75) is 33.1 Å².